The monoisotopic (exact) mass is 685 g/mol. The fourth-order valence-corrected chi connectivity index (χ4v) is 7.41. The normalized spacial score (nSPS) is 11.3. The van der Waals surface area contributed by atoms with Gasteiger partial charge in [-0.2, -0.15) is 0 Å². The zero-order valence-corrected chi connectivity index (χ0v) is 30.8. The molecule has 0 aliphatic heterocycles. The fraction of sp³-hybridized carbons (Fsp3) is 0.120. The first-order valence-corrected chi connectivity index (χ1v) is 18.5. The number of rotatable bonds is 9. The molecule has 0 fully saturated rings. The molecule has 2 aromatic heterocycles. The molecule has 3 nitrogen and oxygen atoms in total. The van der Waals surface area contributed by atoms with Gasteiger partial charge in [0.25, 0.3) is 0 Å². The number of anilines is 3. The first-order valence-electron chi connectivity index (χ1n) is 18.5. The third kappa shape index (κ3) is 6.99. The van der Waals surface area contributed by atoms with E-state index in [0.717, 1.165) is 57.1 Å². The highest BCUT2D eigenvalue weighted by Gasteiger charge is 2.19. The van der Waals surface area contributed by atoms with Gasteiger partial charge in [0, 0.05) is 40.3 Å². The zero-order valence-electron chi connectivity index (χ0n) is 30.8. The van der Waals surface area contributed by atoms with Crippen LogP contribution in [0.3, 0.4) is 0 Å². The van der Waals surface area contributed by atoms with Gasteiger partial charge >= 0.3 is 0 Å². The summed E-state index contributed by atoms with van der Waals surface area (Å²) in [6.07, 6.45) is 5.01. The van der Waals surface area contributed by atoms with Crippen molar-refractivity contribution in [3.05, 3.63) is 187 Å². The van der Waals surface area contributed by atoms with Gasteiger partial charge in [0.2, 0.25) is 0 Å². The summed E-state index contributed by atoms with van der Waals surface area (Å²) >= 11 is 0. The van der Waals surface area contributed by atoms with E-state index in [9.17, 15) is 0 Å². The first kappa shape index (κ1) is 33.8. The molecule has 6 aromatic carbocycles. The van der Waals surface area contributed by atoms with E-state index in [4.69, 9.17) is 9.97 Å². The highest BCUT2D eigenvalue weighted by Crippen LogP contribution is 2.42. The Morgan fingerprint density at radius 1 is 0.472 bits per heavy atom. The quantitative estimate of drug-likeness (QED) is 0.151. The molecule has 0 aliphatic carbocycles. The molecule has 53 heavy (non-hydrogen) atoms. The van der Waals surface area contributed by atoms with Gasteiger partial charge in [-0.25, -0.2) is 0 Å². The lowest BCUT2D eigenvalue weighted by Gasteiger charge is -2.28. The summed E-state index contributed by atoms with van der Waals surface area (Å²) in [5.41, 5.74) is 15.7. The van der Waals surface area contributed by atoms with Crippen LogP contribution in [0.25, 0.3) is 55.5 Å². The van der Waals surface area contributed by atoms with Crippen LogP contribution in [0.4, 0.5) is 17.1 Å². The summed E-state index contributed by atoms with van der Waals surface area (Å²) in [7, 11) is 0. The minimum atomic E-state index is 0.555. The Balaban J connectivity index is 1.29. The van der Waals surface area contributed by atoms with Crippen LogP contribution >= 0.6 is 0 Å². The maximum absolute atomic E-state index is 4.94. The second-order valence-electron chi connectivity index (χ2n) is 14.3. The number of hydrogen-bond donors (Lipinski definition) is 0. The van der Waals surface area contributed by atoms with Gasteiger partial charge in [-0.05, 0) is 113 Å². The molecule has 0 unspecified atom stereocenters. The molecule has 258 valence electrons. The third-order valence-corrected chi connectivity index (χ3v) is 10.0. The van der Waals surface area contributed by atoms with Gasteiger partial charge in [0.05, 0.1) is 17.1 Å². The highest BCUT2D eigenvalue weighted by atomic mass is 15.1. The molecule has 0 radical (unpaired) electrons. The number of pyridine rings is 2. The number of nitrogens with zero attached hydrogens (tertiary/aromatic N) is 3. The topological polar surface area (TPSA) is 29.0 Å². The Morgan fingerprint density at radius 3 is 1.45 bits per heavy atom. The van der Waals surface area contributed by atoms with Crippen molar-refractivity contribution in [2.24, 2.45) is 5.92 Å². The molecule has 0 bridgehead atoms. The van der Waals surface area contributed by atoms with Crippen LogP contribution in [-0.2, 0) is 6.42 Å². The molecule has 8 rings (SSSR count). The number of aromatic nitrogens is 2. The summed E-state index contributed by atoms with van der Waals surface area (Å²) in [6.45, 7) is 8.83. The van der Waals surface area contributed by atoms with Crippen molar-refractivity contribution >= 4 is 27.8 Å². The van der Waals surface area contributed by atoms with Crippen molar-refractivity contribution in [3.8, 4) is 44.8 Å². The van der Waals surface area contributed by atoms with E-state index in [1.807, 2.05) is 12.4 Å². The van der Waals surface area contributed by atoms with Crippen LogP contribution in [0.15, 0.2) is 170 Å². The average molecular weight is 686 g/mol. The predicted octanol–water partition coefficient (Wildman–Crippen LogP) is 13.6. The van der Waals surface area contributed by atoms with Crippen molar-refractivity contribution in [3.63, 3.8) is 0 Å². The maximum Gasteiger partial charge on any atom is 0.0709 e. The second kappa shape index (κ2) is 14.7. The van der Waals surface area contributed by atoms with Crippen molar-refractivity contribution in [2.45, 2.75) is 34.1 Å². The van der Waals surface area contributed by atoms with Crippen LogP contribution in [-0.4, -0.2) is 9.97 Å². The number of fused-ring (bicyclic) bond motifs is 1. The van der Waals surface area contributed by atoms with Crippen LogP contribution in [0.2, 0.25) is 0 Å². The van der Waals surface area contributed by atoms with E-state index in [1.54, 1.807) is 0 Å². The van der Waals surface area contributed by atoms with Gasteiger partial charge in [0.1, 0.15) is 0 Å². The number of hydrogen-bond acceptors (Lipinski definition) is 3. The molecule has 0 aliphatic rings. The van der Waals surface area contributed by atoms with Crippen molar-refractivity contribution in [1.29, 1.82) is 0 Å². The summed E-state index contributed by atoms with van der Waals surface area (Å²) < 4.78 is 0. The van der Waals surface area contributed by atoms with E-state index in [-0.39, 0.29) is 0 Å². The highest BCUT2D eigenvalue weighted by molar-refractivity contribution is 6.01. The van der Waals surface area contributed by atoms with Gasteiger partial charge in [-0.3, -0.25) is 9.97 Å². The lowest BCUT2D eigenvalue weighted by atomic mass is 9.95. The standard InChI is InChI=1S/C50H43N3/c1-34(2)27-39-25-26-50(45-24-12-11-23-44(39)45)53(42-21-13-19-40(28-42)48-30-46(35(3)32-51-48)37-15-7-5-8-16-37)43-22-14-20-41(29-43)49-31-47(36(4)33-52-49)38-17-9-6-10-18-38/h5-26,28-34H,27H2,1-4H3. The lowest BCUT2D eigenvalue weighted by Crippen LogP contribution is -2.11. The van der Waals surface area contributed by atoms with E-state index >= 15 is 0 Å². The van der Waals surface area contributed by atoms with E-state index in [0.29, 0.717) is 5.92 Å². The Labute approximate surface area is 313 Å². The summed E-state index contributed by atoms with van der Waals surface area (Å²) in [6, 6.07) is 56.6. The lowest BCUT2D eigenvalue weighted by molar-refractivity contribution is 0.650. The smallest absolute Gasteiger partial charge is 0.0709 e. The zero-order chi connectivity index (χ0) is 36.3. The van der Waals surface area contributed by atoms with Gasteiger partial charge in [-0.15, -0.1) is 0 Å². The van der Waals surface area contributed by atoms with Gasteiger partial charge in [-0.1, -0.05) is 129 Å². The SMILES string of the molecule is Cc1cnc(-c2cccc(N(c3cccc(-c4cc(-c5ccccc5)c(C)cn4)c3)c3ccc(CC(C)C)c4ccccc34)c2)cc1-c1ccccc1. The molecule has 0 spiro atoms. The fourth-order valence-electron chi connectivity index (χ4n) is 7.41. The Kier molecular flexibility index (Phi) is 9.40. The molecule has 0 saturated carbocycles. The van der Waals surface area contributed by atoms with Crippen molar-refractivity contribution < 1.29 is 0 Å². The van der Waals surface area contributed by atoms with Gasteiger partial charge in [0.15, 0.2) is 0 Å². The van der Waals surface area contributed by atoms with E-state index < -0.39 is 0 Å². The van der Waals surface area contributed by atoms with Crippen molar-refractivity contribution in [1.82, 2.24) is 9.97 Å². The van der Waals surface area contributed by atoms with Crippen molar-refractivity contribution in [2.75, 3.05) is 4.90 Å². The van der Waals surface area contributed by atoms with E-state index in [2.05, 4.69) is 190 Å². The second-order valence-corrected chi connectivity index (χ2v) is 14.3. The summed E-state index contributed by atoms with van der Waals surface area (Å²) in [4.78, 5) is 12.3. The molecule has 0 atom stereocenters. The summed E-state index contributed by atoms with van der Waals surface area (Å²) in [5.74, 6) is 0.555. The maximum atomic E-state index is 4.94. The predicted molar refractivity (Wildman–Crippen MR) is 224 cm³/mol. The molecule has 0 saturated heterocycles. The number of benzene rings is 6. The average Bonchev–Trinajstić information content (AvgIpc) is 3.20. The molecule has 3 heteroatoms. The Hall–Kier alpha value is -6.32. The minimum Gasteiger partial charge on any atom is -0.310 e. The minimum absolute atomic E-state index is 0.555. The van der Waals surface area contributed by atoms with E-state index in [1.165, 1.54) is 38.6 Å². The van der Waals surface area contributed by atoms with Gasteiger partial charge < -0.3 is 4.90 Å². The molecule has 0 amide bonds. The molecule has 0 N–H and O–H groups in total. The Morgan fingerprint density at radius 2 is 0.943 bits per heavy atom. The molecular weight excluding hydrogens is 643 g/mol. The molecular formula is C50H43N3. The third-order valence-electron chi connectivity index (χ3n) is 10.0. The molecule has 2 heterocycles. The Bertz CT molecular complexity index is 2400. The van der Waals surface area contributed by atoms with Crippen LogP contribution in [0.5, 0.6) is 0 Å². The van der Waals surface area contributed by atoms with Crippen LogP contribution in [0.1, 0.15) is 30.5 Å². The largest absolute Gasteiger partial charge is 0.310 e. The number of aryl methyl sites for hydroxylation is 2. The molecule has 8 aromatic rings. The summed E-state index contributed by atoms with van der Waals surface area (Å²) in [5, 5.41) is 2.51. The van der Waals surface area contributed by atoms with Crippen LogP contribution in [0, 0.1) is 19.8 Å². The first-order chi connectivity index (χ1) is 25.9. The van der Waals surface area contributed by atoms with Crippen LogP contribution < -0.4 is 4.90 Å².